The lowest BCUT2D eigenvalue weighted by atomic mass is 10.1. The predicted octanol–water partition coefficient (Wildman–Crippen LogP) is 9.55. The van der Waals surface area contributed by atoms with E-state index in [-0.39, 0.29) is 0 Å². The lowest BCUT2D eigenvalue weighted by Gasteiger charge is -2.20. The van der Waals surface area contributed by atoms with Gasteiger partial charge in [-0.05, 0) is 30.3 Å². The molecule has 0 bridgehead atoms. The summed E-state index contributed by atoms with van der Waals surface area (Å²) in [6, 6.07) is 42.3. The molecule has 0 N–H and O–H groups in total. The maximum Gasteiger partial charge on any atom is 0.239 e. The maximum absolute atomic E-state index is 6.40. The molecule has 196 valence electrons. The van der Waals surface area contributed by atoms with Gasteiger partial charge in [0, 0.05) is 36.9 Å². The van der Waals surface area contributed by atoms with E-state index in [0.717, 1.165) is 38.8 Å². The number of aromatic nitrogens is 4. The fourth-order valence-electron chi connectivity index (χ4n) is 6.65. The highest BCUT2D eigenvalue weighted by molar-refractivity contribution is 7.99. The minimum absolute atomic E-state index is 0.581. The molecule has 1 aliphatic heterocycles. The van der Waals surface area contributed by atoms with Crippen LogP contribution in [0.4, 0.5) is 0 Å². The fraction of sp³-hybridized carbons (Fsp3) is 0. The minimum Gasteiger partial charge on any atom is -0.437 e. The molecule has 0 saturated heterocycles. The Morgan fingerprint density at radius 1 is 0.571 bits per heavy atom. The number of furan rings is 1. The first-order valence-corrected chi connectivity index (χ1v) is 14.8. The SMILES string of the molecule is c1ccc(-c2nc(-n3c4ccccc4c4c5cccc6c5n(c43)-c3ccccc3S6)nc3oc4ccccc4c23)cc1. The standard InChI is InChI=1S/C36H20N4OS/c1-2-11-21(12-3-1)32-31-23-14-5-8-18-27(23)41-34(31)38-36(37-32)40-25-16-6-4-13-22(25)30-24-15-10-20-29-33(24)39(35(30)40)26-17-7-9-19-28(26)42-29/h1-20H. The zero-order valence-electron chi connectivity index (χ0n) is 22.2. The van der Waals surface area contributed by atoms with Crippen molar-refractivity contribution in [2.24, 2.45) is 0 Å². The summed E-state index contributed by atoms with van der Waals surface area (Å²) >= 11 is 1.83. The largest absolute Gasteiger partial charge is 0.437 e. The molecule has 0 atom stereocenters. The van der Waals surface area contributed by atoms with Gasteiger partial charge in [-0.15, -0.1) is 0 Å². The van der Waals surface area contributed by atoms with Crippen LogP contribution < -0.4 is 0 Å². The molecular weight excluding hydrogens is 536 g/mol. The minimum atomic E-state index is 0.581. The molecule has 1 aliphatic rings. The van der Waals surface area contributed by atoms with Crippen LogP contribution in [0.3, 0.4) is 0 Å². The molecule has 4 aromatic heterocycles. The van der Waals surface area contributed by atoms with Crippen molar-refractivity contribution < 1.29 is 4.42 Å². The molecule has 0 saturated carbocycles. The second-order valence-corrected chi connectivity index (χ2v) is 11.7. The van der Waals surface area contributed by atoms with Crippen molar-refractivity contribution in [2.45, 2.75) is 9.79 Å². The van der Waals surface area contributed by atoms with Crippen LogP contribution in [-0.4, -0.2) is 19.1 Å². The van der Waals surface area contributed by atoms with Crippen LogP contribution in [0, 0.1) is 0 Å². The smallest absolute Gasteiger partial charge is 0.239 e. The lowest BCUT2D eigenvalue weighted by Crippen LogP contribution is -2.08. The second-order valence-electron chi connectivity index (χ2n) is 10.6. The Morgan fingerprint density at radius 3 is 2.24 bits per heavy atom. The molecule has 5 aromatic carbocycles. The van der Waals surface area contributed by atoms with Gasteiger partial charge in [-0.1, -0.05) is 103 Å². The van der Waals surface area contributed by atoms with E-state index in [1.807, 2.05) is 36.0 Å². The molecule has 0 spiro atoms. The summed E-state index contributed by atoms with van der Waals surface area (Å²) in [5, 5.41) is 5.55. The predicted molar refractivity (Wildman–Crippen MR) is 170 cm³/mol. The van der Waals surface area contributed by atoms with Gasteiger partial charge in [0.05, 0.1) is 27.8 Å². The highest BCUT2D eigenvalue weighted by atomic mass is 32.2. The maximum atomic E-state index is 6.40. The quantitative estimate of drug-likeness (QED) is 0.213. The third-order valence-electron chi connectivity index (χ3n) is 8.35. The summed E-state index contributed by atoms with van der Waals surface area (Å²) in [4.78, 5) is 13.0. The average molecular weight is 557 g/mol. The van der Waals surface area contributed by atoms with Gasteiger partial charge in [0.25, 0.3) is 0 Å². The Bertz CT molecular complexity index is 2560. The topological polar surface area (TPSA) is 48.8 Å². The van der Waals surface area contributed by atoms with Crippen molar-refractivity contribution in [1.29, 1.82) is 0 Å². The molecule has 0 amide bonds. The fourth-order valence-corrected chi connectivity index (χ4v) is 7.74. The van der Waals surface area contributed by atoms with E-state index in [2.05, 4.69) is 106 Å². The zero-order valence-corrected chi connectivity index (χ0v) is 23.0. The molecule has 0 fully saturated rings. The molecule has 9 aromatic rings. The van der Waals surface area contributed by atoms with Gasteiger partial charge in [-0.25, -0.2) is 4.98 Å². The van der Waals surface area contributed by atoms with Crippen molar-refractivity contribution in [3.05, 3.63) is 121 Å². The van der Waals surface area contributed by atoms with Gasteiger partial charge in [-0.2, -0.15) is 4.98 Å². The van der Waals surface area contributed by atoms with E-state index in [0.29, 0.717) is 11.7 Å². The number of hydrogen-bond acceptors (Lipinski definition) is 4. The first-order valence-electron chi connectivity index (χ1n) is 13.9. The number of para-hydroxylation sites is 4. The monoisotopic (exact) mass is 556 g/mol. The highest BCUT2D eigenvalue weighted by Crippen LogP contribution is 2.49. The van der Waals surface area contributed by atoms with Crippen LogP contribution in [0.5, 0.6) is 0 Å². The van der Waals surface area contributed by atoms with E-state index < -0.39 is 0 Å². The normalized spacial score (nSPS) is 12.7. The number of benzene rings is 5. The summed E-state index contributed by atoms with van der Waals surface area (Å²) in [5.41, 5.74) is 7.77. The molecule has 0 radical (unpaired) electrons. The van der Waals surface area contributed by atoms with E-state index in [4.69, 9.17) is 14.4 Å². The van der Waals surface area contributed by atoms with Gasteiger partial charge >= 0.3 is 0 Å². The van der Waals surface area contributed by atoms with Crippen molar-refractivity contribution in [3.63, 3.8) is 0 Å². The number of fused-ring (bicyclic) bond motifs is 10. The summed E-state index contributed by atoms with van der Waals surface area (Å²) in [6.07, 6.45) is 0. The molecule has 0 aliphatic carbocycles. The molecular formula is C36H20N4OS. The van der Waals surface area contributed by atoms with Gasteiger partial charge < -0.3 is 4.42 Å². The summed E-state index contributed by atoms with van der Waals surface area (Å²) in [6.45, 7) is 0. The van der Waals surface area contributed by atoms with E-state index in [1.165, 1.54) is 37.2 Å². The van der Waals surface area contributed by atoms with Gasteiger partial charge in [0.2, 0.25) is 11.7 Å². The number of hydrogen-bond donors (Lipinski definition) is 0. The summed E-state index contributed by atoms with van der Waals surface area (Å²) in [5.74, 6) is 0.586. The van der Waals surface area contributed by atoms with Crippen molar-refractivity contribution in [3.8, 4) is 22.9 Å². The molecule has 0 unspecified atom stereocenters. The average Bonchev–Trinajstić information content (AvgIpc) is 3.70. The van der Waals surface area contributed by atoms with Crippen LogP contribution in [0.25, 0.3) is 77.8 Å². The van der Waals surface area contributed by atoms with Crippen molar-refractivity contribution in [1.82, 2.24) is 19.1 Å². The van der Waals surface area contributed by atoms with Gasteiger partial charge in [0.15, 0.2) is 0 Å². The summed E-state index contributed by atoms with van der Waals surface area (Å²) in [7, 11) is 0. The van der Waals surface area contributed by atoms with Crippen molar-refractivity contribution in [2.75, 3.05) is 0 Å². The van der Waals surface area contributed by atoms with Gasteiger partial charge in [-0.3, -0.25) is 9.13 Å². The van der Waals surface area contributed by atoms with Crippen LogP contribution in [0.1, 0.15) is 0 Å². The molecule has 10 rings (SSSR count). The van der Waals surface area contributed by atoms with Crippen LogP contribution in [0.15, 0.2) is 136 Å². The zero-order chi connectivity index (χ0) is 27.4. The first-order chi connectivity index (χ1) is 20.8. The van der Waals surface area contributed by atoms with Gasteiger partial charge in [0.1, 0.15) is 11.2 Å². The van der Waals surface area contributed by atoms with E-state index in [1.54, 1.807) is 0 Å². The van der Waals surface area contributed by atoms with Crippen LogP contribution >= 0.6 is 11.8 Å². The van der Waals surface area contributed by atoms with E-state index in [9.17, 15) is 0 Å². The van der Waals surface area contributed by atoms with Crippen LogP contribution in [-0.2, 0) is 0 Å². The van der Waals surface area contributed by atoms with E-state index >= 15 is 0 Å². The Hall–Kier alpha value is -5.33. The molecule has 6 heteroatoms. The first kappa shape index (κ1) is 22.4. The molecule has 5 nitrogen and oxygen atoms in total. The Balaban J connectivity index is 1.42. The van der Waals surface area contributed by atoms with Crippen LogP contribution in [0.2, 0.25) is 0 Å². The molecule has 42 heavy (non-hydrogen) atoms. The third kappa shape index (κ3) is 2.84. The lowest BCUT2D eigenvalue weighted by molar-refractivity contribution is 0.651. The Kier molecular flexibility index (Phi) is 4.32. The Labute approximate surface area is 243 Å². The highest BCUT2D eigenvalue weighted by Gasteiger charge is 2.29. The summed E-state index contributed by atoms with van der Waals surface area (Å²) < 4.78 is 11.0. The van der Waals surface area contributed by atoms with Crippen molar-refractivity contribution >= 4 is 66.7 Å². The third-order valence-corrected chi connectivity index (χ3v) is 9.47. The Morgan fingerprint density at radius 2 is 1.31 bits per heavy atom. The second kappa shape index (κ2) is 8.12. The number of rotatable bonds is 2. The molecule has 5 heterocycles. The number of nitrogens with zero attached hydrogens (tertiary/aromatic N) is 4.